The lowest BCUT2D eigenvalue weighted by Crippen LogP contribution is -2.39. The second kappa shape index (κ2) is 9.20. The van der Waals surface area contributed by atoms with E-state index in [0.29, 0.717) is 11.3 Å². The van der Waals surface area contributed by atoms with Gasteiger partial charge in [0.1, 0.15) is 11.4 Å². The molecule has 1 heterocycles. The molecule has 0 aliphatic rings. The number of ether oxygens (including phenoxy) is 2. The first-order valence-corrected chi connectivity index (χ1v) is 8.32. The van der Waals surface area contributed by atoms with E-state index in [0.717, 1.165) is 5.56 Å². The molecule has 1 amide bonds. The minimum Gasteiger partial charge on any atom is -0.492 e. The molecule has 0 radical (unpaired) electrons. The molecule has 0 saturated carbocycles. The lowest BCUT2D eigenvalue weighted by molar-refractivity contribution is -0.174. The predicted molar refractivity (Wildman–Crippen MR) is 93.8 cm³/mol. The fourth-order valence-corrected chi connectivity index (χ4v) is 2.51. The van der Waals surface area contributed by atoms with E-state index in [9.17, 15) is 22.8 Å². The van der Waals surface area contributed by atoms with Crippen molar-refractivity contribution in [2.24, 2.45) is 0 Å². The van der Waals surface area contributed by atoms with Gasteiger partial charge in [0.25, 0.3) is 0 Å². The van der Waals surface area contributed by atoms with E-state index in [1.807, 2.05) is 5.32 Å². The minimum absolute atomic E-state index is 0.0242. The van der Waals surface area contributed by atoms with Crippen LogP contribution >= 0.6 is 0 Å². The van der Waals surface area contributed by atoms with E-state index in [2.05, 4.69) is 9.72 Å². The molecule has 0 fully saturated rings. The molecule has 1 aromatic heterocycles. The average Bonchev–Trinajstić information content (AvgIpc) is 2.66. The van der Waals surface area contributed by atoms with Crippen LogP contribution in [0.2, 0.25) is 0 Å². The van der Waals surface area contributed by atoms with E-state index in [-0.39, 0.29) is 18.7 Å². The Hall–Kier alpha value is -3.10. The van der Waals surface area contributed by atoms with E-state index in [1.54, 1.807) is 31.2 Å². The standard InChI is InChI=1S/C19H19F3N2O4/c1-12-5-3-4-6-14(12)15(24-18(26)19(20,21)22)9-10-28-13-7-8-16(23-11-13)17(25)27-2/h3-8,11,15H,9-10H2,1-2H3,(H,24,26). The van der Waals surface area contributed by atoms with Gasteiger partial charge in [0.05, 0.1) is 26.0 Å². The van der Waals surface area contributed by atoms with Crippen LogP contribution in [0.15, 0.2) is 42.6 Å². The Balaban J connectivity index is 2.05. The Labute approximate surface area is 159 Å². The van der Waals surface area contributed by atoms with Crippen molar-refractivity contribution >= 4 is 11.9 Å². The number of amides is 1. The first kappa shape index (κ1) is 21.2. The van der Waals surface area contributed by atoms with Crippen molar-refractivity contribution in [3.8, 4) is 5.75 Å². The van der Waals surface area contributed by atoms with Crippen molar-refractivity contribution in [2.75, 3.05) is 13.7 Å². The number of aromatic nitrogens is 1. The summed E-state index contributed by atoms with van der Waals surface area (Å²) >= 11 is 0. The van der Waals surface area contributed by atoms with Gasteiger partial charge >= 0.3 is 18.1 Å². The maximum absolute atomic E-state index is 12.7. The Morgan fingerprint density at radius 3 is 2.46 bits per heavy atom. The number of alkyl halides is 3. The summed E-state index contributed by atoms with van der Waals surface area (Å²) in [5.41, 5.74) is 1.42. The number of methoxy groups -OCH3 is 1. The minimum atomic E-state index is -4.98. The predicted octanol–water partition coefficient (Wildman–Crippen LogP) is 3.37. The number of nitrogens with zero attached hydrogens (tertiary/aromatic N) is 1. The smallest absolute Gasteiger partial charge is 0.471 e. The molecule has 0 spiro atoms. The van der Waals surface area contributed by atoms with Gasteiger partial charge in [0.15, 0.2) is 0 Å². The van der Waals surface area contributed by atoms with Gasteiger partial charge in [-0.3, -0.25) is 4.79 Å². The third-order valence-corrected chi connectivity index (χ3v) is 3.93. The maximum Gasteiger partial charge on any atom is 0.471 e. The van der Waals surface area contributed by atoms with Gasteiger partial charge in [-0.25, -0.2) is 9.78 Å². The Morgan fingerprint density at radius 1 is 1.18 bits per heavy atom. The summed E-state index contributed by atoms with van der Waals surface area (Å²) in [6.07, 6.45) is -3.57. The Kier molecular flexibility index (Phi) is 6.97. The number of hydrogen-bond acceptors (Lipinski definition) is 5. The van der Waals surface area contributed by atoms with Gasteiger partial charge in [-0.05, 0) is 30.2 Å². The zero-order chi connectivity index (χ0) is 20.7. The number of hydrogen-bond donors (Lipinski definition) is 1. The number of carbonyl (C=O) groups is 2. The molecule has 0 aliphatic carbocycles. The van der Waals surface area contributed by atoms with Crippen LogP contribution in [0.3, 0.4) is 0 Å². The van der Waals surface area contributed by atoms with Crippen LogP contribution in [-0.2, 0) is 9.53 Å². The van der Waals surface area contributed by atoms with Crippen LogP contribution in [0.1, 0.15) is 34.1 Å². The fraction of sp³-hybridized carbons (Fsp3) is 0.316. The molecule has 28 heavy (non-hydrogen) atoms. The third kappa shape index (κ3) is 5.70. The highest BCUT2D eigenvalue weighted by atomic mass is 19.4. The van der Waals surface area contributed by atoms with Gasteiger partial charge in [-0.2, -0.15) is 13.2 Å². The van der Waals surface area contributed by atoms with Gasteiger partial charge in [-0.1, -0.05) is 24.3 Å². The van der Waals surface area contributed by atoms with E-state index in [1.165, 1.54) is 25.4 Å². The number of carbonyl (C=O) groups excluding carboxylic acids is 2. The van der Waals surface area contributed by atoms with Crippen molar-refractivity contribution in [1.82, 2.24) is 10.3 Å². The number of aryl methyl sites for hydroxylation is 1. The quantitative estimate of drug-likeness (QED) is 0.726. The molecule has 1 N–H and O–H groups in total. The molecule has 0 aliphatic heterocycles. The molecular weight excluding hydrogens is 377 g/mol. The number of rotatable bonds is 7. The lowest BCUT2D eigenvalue weighted by Gasteiger charge is -2.22. The topological polar surface area (TPSA) is 77.5 Å². The average molecular weight is 396 g/mol. The SMILES string of the molecule is COC(=O)c1ccc(OCCC(NC(=O)C(F)(F)F)c2ccccc2C)cn1. The number of esters is 1. The molecule has 1 aromatic carbocycles. The maximum atomic E-state index is 12.7. The van der Waals surface area contributed by atoms with Crippen LogP contribution < -0.4 is 10.1 Å². The van der Waals surface area contributed by atoms with Crippen molar-refractivity contribution in [3.63, 3.8) is 0 Å². The zero-order valence-corrected chi connectivity index (χ0v) is 15.2. The first-order valence-electron chi connectivity index (χ1n) is 8.32. The van der Waals surface area contributed by atoms with Crippen LogP contribution in [0.5, 0.6) is 5.75 Å². The summed E-state index contributed by atoms with van der Waals surface area (Å²) in [7, 11) is 1.23. The molecule has 1 atom stereocenters. The number of pyridine rings is 1. The summed E-state index contributed by atoms with van der Waals surface area (Å²) in [5, 5.41) is 2.01. The fourth-order valence-electron chi connectivity index (χ4n) is 2.51. The van der Waals surface area contributed by atoms with E-state index < -0.39 is 24.1 Å². The van der Waals surface area contributed by atoms with Crippen molar-refractivity contribution < 1.29 is 32.2 Å². The van der Waals surface area contributed by atoms with Gasteiger partial charge in [-0.15, -0.1) is 0 Å². The first-order chi connectivity index (χ1) is 13.2. The Bertz CT molecular complexity index is 823. The van der Waals surface area contributed by atoms with E-state index in [4.69, 9.17) is 4.74 Å². The normalized spacial score (nSPS) is 12.2. The molecule has 0 saturated heterocycles. The van der Waals surface area contributed by atoms with Crippen molar-refractivity contribution in [3.05, 3.63) is 59.4 Å². The second-order valence-electron chi connectivity index (χ2n) is 5.89. The second-order valence-corrected chi connectivity index (χ2v) is 5.89. The largest absolute Gasteiger partial charge is 0.492 e. The van der Waals surface area contributed by atoms with Crippen LogP contribution in [-0.4, -0.2) is 36.8 Å². The molecule has 1 unspecified atom stereocenters. The van der Waals surface area contributed by atoms with Gasteiger partial charge in [0, 0.05) is 6.42 Å². The monoisotopic (exact) mass is 396 g/mol. The summed E-state index contributed by atoms with van der Waals surface area (Å²) in [6.45, 7) is 1.77. The third-order valence-electron chi connectivity index (χ3n) is 3.93. The molecule has 2 rings (SSSR count). The van der Waals surface area contributed by atoms with Crippen LogP contribution in [0, 0.1) is 6.92 Å². The Morgan fingerprint density at radius 2 is 1.89 bits per heavy atom. The highest BCUT2D eigenvalue weighted by molar-refractivity contribution is 5.87. The summed E-state index contributed by atoms with van der Waals surface area (Å²) in [5.74, 6) is -2.27. The molecular formula is C19H19F3N2O4. The number of benzene rings is 1. The zero-order valence-electron chi connectivity index (χ0n) is 15.2. The van der Waals surface area contributed by atoms with E-state index >= 15 is 0 Å². The summed E-state index contributed by atoms with van der Waals surface area (Å²) in [6, 6.07) is 8.87. The molecule has 150 valence electrons. The number of halogens is 3. The summed E-state index contributed by atoms with van der Waals surface area (Å²) < 4.78 is 48.0. The molecule has 6 nitrogen and oxygen atoms in total. The van der Waals surface area contributed by atoms with Crippen LogP contribution in [0.25, 0.3) is 0 Å². The molecule has 9 heteroatoms. The van der Waals surface area contributed by atoms with Gasteiger partial charge < -0.3 is 14.8 Å². The highest BCUT2D eigenvalue weighted by Gasteiger charge is 2.40. The van der Waals surface area contributed by atoms with Crippen LogP contribution in [0.4, 0.5) is 13.2 Å². The van der Waals surface area contributed by atoms with Gasteiger partial charge in [0.2, 0.25) is 0 Å². The lowest BCUT2D eigenvalue weighted by atomic mass is 9.99. The van der Waals surface area contributed by atoms with Crippen molar-refractivity contribution in [1.29, 1.82) is 0 Å². The molecule has 0 bridgehead atoms. The summed E-state index contributed by atoms with van der Waals surface area (Å²) in [4.78, 5) is 26.6. The molecule has 2 aromatic rings. The highest BCUT2D eigenvalue weighted by Crippen LogP contribution is 2.24. The van der Waals surface area contributed by atoms with Crippen molar-refractivity contribution in [2.45, 2.75) is 25.6 Å². The number of nitrogens with one attached hydrogen (secondary N) is 1.